The number of nitrogens with one attached hydrogen (secondary N) is 4. The molecule has 0 radical (unpaired) electrons. The number of aryl methyl sites for hydroxylation is 2. The zero-order chi connectivity index (χ0) is 22.5. The van der Waals surface area contributed by atoms with E-state index < -0.39 is 0 Å². The van der Waals surface area contributed by atoms with Gasteiger partial charge in [-0.05, 0) is 43.7 Å². The quantitative estimate of drug-likeness (QED) is 0.311. The molecule has 0 unspecified atom stereocenters. The van der Waals surface area contributed by atoms with E-state index in [1.54, 1.807) is 25.1 Å². The van der Waals surface area contributed by atoms with Crippen LogP contribution in [0.3, 0.4) is 0 Å². The van der Waals surface area contributed by atoms with Gasteiger partial charge < -0.3 is 20.6 Å². The third kappa shape index (κ3) is 4.62. The molecule has 1 amide bonds. The Bertz CT molecular complexity index is 1270. The lowest BCUT2D eigenvalue weighted by atomic mass is 10.1. The van der Waals surface area contributed by atoms with Crippen LogP contribution in [0.1, 0.15) is 27.2 Å². The summed E-state index contributed by atoms with van der Waals surface area (Å²) in [5, 5.41) is 20.8. The zero-order valence-corrected chi connectivity index (χ0v) is 17.5. The normalized spacial score (nSPS) is 10.4. The number of hydrogen-bond donors (Lipinski definition) is 4. The molecule has 160 valence electrons. The van der Waals surface area contributed by atoms with E-state index in [1.807, 2.05) is 43.3 Å². The third-order valence-corrected chi connectivity index (χ3v) is 4.68. The van der Waals surface area contributed by atoms with Crippen LogP contribution in [0.15, 0.2) is 65.4 Å². The molecule has 0 saturated heterocycles. The zero-order valence-electron chi connectivity index (χ0n) is 17.5. The first-order valence-corrected chi connectivity index (χ1v) is 9.83. The van der Waals surface area contributed by atoms with Crippen molar-refractivity contribution in [2.45, 2.75) is 13.8 Å². The Labute approximate surface area is 184 Å². The van der Waals surface area contributed by atoms with Gasteiger partial charge in [-0.3, -0.25) is 10.1 Å². The van der Waals surface area contributed by atoms with E-state index in [2.05, 4.69) is 31.1 Å². The third-order valence-electron chi connectivity index (χ3n) is 4.68. The second kappa shape index (κ2) is 9.09. The van der Waals surface area contributed by atoms with Crippen molar-refractivity contribution in [1.82, 2.24) is 15.1 Å². The molecule has 9 heteroatoms. The Morgan fingerprint density at radius 2 is 1.75 bits per heavy atom. The molecule has 0 aliphatic heterocycles. The number of nitrogens with zero attached hydrogens (tertiary/aromatic N) is 3. The standard InChI is InChI=1S/C23H21N7O2/c1-14-8-9-16(23(31)29-20-10-15(2)30-32-20)11-19(14)28-22-18(12-24)21(25-13-26-22)27-17-6-4-3-5-7-17/h3-13,24H,1-2H3,(H,29,31)(H2,25,26,27,28). The summed E-state index contributed by atoms with van der Waals surface area (Å²) in [6, 6.07) is 16.5. The molecular weight excluding hydrogens is 406 g/mol. The highest BCUT2D eigenvalue weighted by molar-refractivity contribution is 6.04. The molecular formula is C23H21N7O2. The number of rotatable bonds is 7. The number of aromatic nitrogens is 3. The van der Waals surface area contributed by atoms with E-state index in [0.717, 1.165) is 11.3 Å². The van der Waals surface area contributed by atoms with Crippen molar-refractivity contribution >= 4 is 41.0 Å². The second-order valence-corrected chi connectivity index (χ2v) is 7.06. The number of para-hydroxylation sites is 1. The number of carbonyl (C=O) groups is 1. The molecule has 0 aliphatic rings. The van der Waals surface area contributed by atoms with Crippen molar-refractivity contribution in [3.8, 4) is 0 Å². The Morgan fingerprint density at radius 3 is 2.44 bits per heavy atom. The van der Waals surface area contributed by atoms with Gasteiger partial charge >= 0.3 is 0 Å². The number of benzene rings is 2. The van der Waals surface area contributed by atoms with Gasteiger partial charge in [0.2, 0.25) is 5.88 Å². The van der Waals surface area contributed by atoms with Crippen molar-refractivity contribution in [2.24, 2.45) is 0 Å². The Kier molecular flexibility index (Phi) is 5.89. The first-order chi connectivity index (χ1) is 15.5. The van der Waals surface area contributed by atoms with Crippen LogP contribution >= 0.6 is 0 Å². The highest BCUT2D eigenvalue weighted by Gasteiger charge is 2.14. The SMILES string of the molecule is Cc1cc(NC(=O)c2ccc(C)c(Nc3ncnc(Nc4ccccc4)c3C=N)c2)on1. The molecule has 4 aromatic rings. The van der Waals surface area contributed by atoms with Gasteiger partial charge in [0.1, 0.15) is 18.0 Å². The van der Waals surface area contributed by atoms with Gasteiger partial charge in [-0.15, -0.1) is 0 Å². The maximum atomic E-state index is 12.6. The van der Waals surface area contributed by atoms with Gasteiger partial charge in [-0.1, -0.05) is 29.4 Å². The van der Waals surface area contributed by atoms with Crippen LogP contribution in [-0.2, 0) is 0 Å². The second-order valence-electron chi connectivity index (χ2n) is 7.06. The minimum Gasteiger partial charge on any atom is -0.340 e. The van der Waals surface area contributed by atoms with Gasteiger partial charge in [-0.25, -0.2) is 9.97 Å². The van der Waals surface area contributed by atoms with Crippen LogP contribution < -0.4 is 16.0 Å². The number of hydrogen-bond acceptors (Lipinski definition) is 8. The molecule has 0 bridgehead atoms. The molecule has 0 fully saturated rings. The molecule has 0 spiro atoms. The van der Waals surface area contributed by atoms with Crippen LogP contribution in [0.25, 0.3) is 0 Å². The molecule has 4 rings (SSSR count). The fourth-order valence-electron chi connectivity index (χ4n) is 3.02. The van der Waals surface area contributed by atoms with Gasteiger partial charge in [0.05, 0.1) is 11.3 Å². The molecule has 0 saturated carbocycles. The topological polar surface area (TPSA) is 129 Å². The predicted octanol–water partition coefficient (Wildman–Crippen LogP) is 4.82. The van der Waals surface area contributed by atoms with E-state index in [9.17, 15) is 4.79 Å². The maximum Gasteiger partial charge on any atom is 0.258 e. The highest BCUT2D eigenvalue weighted by Crippen LogP contribution is 2.27. The largest absolute Gasteiger partial charge is 0.340 e. The minimum atomic E-state index is -0.328. The summed E-state index contributed by atoms with van der Waals surface area (Å²) in [4.78, 5) is 21.2. The smallest absolute Gasteiger partial charge is 0.258 e. The number of anilines is 5. The Morgan fingerprint density at radius 1 is 1.00 bits per heavy atom. The summed E-state index contributed by atoms with van der Waals surface area (Å²) >= 11 is 0. The molecule has 2 aromatic heterocycles. The van der Waals surface area contributed by atoms with Crippen LogP contribution in [0.5, 0.6) is 0 Å². The molecule has 4 N–H and O–H groups in total. The van der Waals surface area contributed by atoms with Crippen molar-refractivity contribution in [3.63, 3.8) is 0 Å². The van der Waals surface area contributed by atoms with E-state index >= 15 is 0 Å². The van der Waals surface area contributed by atoms with Crippen LogP contribution in [0.2, 0.25) is 0 Å². The van der Waals surface area contributed by atoms with Gasteiger partial charge in [-0.2, -0.15) is 0 Å². The van der Waals surface area contributed by atoms with Crippen molar-refractivity contribution in [1.29, 1.82) is 5.41 Å². The summed E-state index contributed by atoms with van der Waals surface area (Å²) in [5.74, 6) is 0.891. The van der Waals surface area contributed by atoms with E-state index in [-0.39, 0.29) is 11.8 Å². The van der Waals surface area contributed by atoms with Crippen LogP contribution in [0, 0.1) is 19.3 Å². The number of carbonyl (C=O) groups excluding carboxylic acids is 1. The Balaban J connectivity index is 1.59. The molecule has 2 aromatic carbocycles. The lowest BCUT2D eigenvalue weighted by Gasteiger charge is -2.15. The fraction of sp³-hybridized carbons (Fsp3) is 0.0870. The average molecular weight is 427 g/mol. The summed E-state index contributed by atoms with van der Waals surface area (Å²) in [6.07, 6.45) is 2.60. The number of amides is 1. The van der Waals surface area contributed by atoms with Crippen molar-refractivity contribution in [3.05, 3.63) is 83.3 Å². The van der Waals surface area contributed by atoms with Crippen molar-refractivity contribution < 1.29 is 9.32 Å². The first-order valence-electron chi connectivity index (χ1n) is 9.83. The van der Waals surface area contributed by atoms with Gasteiger partial charge in [0.25, 0.3) is 5.91 Å². The lowest BCUT2D eigenvalue weighted by Crippen LogP contribution is -2.12. The van der Waals surface area contributed by atoms with Gasteiger partial charge in [0.15, 0.2) is 0 Å². The van der Waals surface area contributed by atoms with E-state index in [4.69, 9.17) is 9.93 Å². The molecule has 2 heterocycles. The fourth-order valence-corrected chi connectivity index (χ4v) is 3.02. The van der Waals surface area contributed by atoms with E-state index in [1.165, 1.54) is 12.5 Å². The average Bonchev–Trinajstić information content (AvgIpc) is 3.20. The van der Waals surface area contributed by atoms with Crippen molar-refractivity contribution in [2.75, 3.05) is 16.0 Å². The predicted molar refractivity (Wildman–Crippen MR) is 123 cm³/mol. The molecule has 32 heavy (non-hydrogen) atoms. The summed E-state index contributed by atoms with van der Waals surface area (Å²) < 4.78 is 5.05. The van der Waals surface area contributed by atoms with Crippen LogP contribution in [0.4, 0.5) is 28.9 Å². The van der Waals surface area contributed by atoms with Crippen LogP contribution in [-0.4, -0.2) is 27.2 Å². The minimum absolute atomic E-state index is 0.279. The monoisotopic (exact) mass is 427 g/mol. The van der Waals surface area contributed by atoms with E-state index in [0.29, 0.717) is 34.1 Å². The van der Waals surface area contributed by atoms with Gasteiger partial charge in [0, 0.05) is 29.2 Å². The first kappa shape index (κ1) is 20.7. The summed E-state index contributed by atoms with van der Waals surface area (Å²) in [5.41, 5.74) is 4.03. The summed E-state index contributed by atoms with van der Waals surface area (Å²) in [7, 11) is 0. The highest BCUT2D eigenvalue weighted by atomic mass is 16.5. The molecule has 9 nitrogen and oxygen atoms in total. The molecule has 0 aliphatic carbocycles. The Hall–Kier alpha value is -4.53. The summed E-state index contributed by atoms with van der Waals surface area (Å²) in [6.45, 7) is 3.69. The maximum absolute atomic E-state index is 12.6. The lowest BCUT2D eigenvalue weighted by molar-refractivity contribution is 0.102. The molecule has 0 atom stereocenters.